The van der Waals surface area contributed by atoms with Gasteiger partial charge in [0.1, 0.15) is 24.4 Å². The Labute approximate surface area is 91.8 Å². The minimum atomic E-state index is -2.31. The molecule has 0 radical (unpaired) electrons. The summed E-state index contributed by atoms with van der Waals surface area (Å²) in [5.41, 5.74) is 0. The molecule has 4 atom stereocenters. The first-order chi connectivity index (χ1) is 5.91. The summed E-state index contributed by atoms with van der Waals surface area (Å²) in [4.78, 5) is 9.98. The summed E-state index contributed by atoms with van der Waals surface area (Å²) in [7, 11) is 0. The van der Waals surface area contributed by atoms with Crippen LogP contribution in [0.2, 0.25) is 0 Å². The molecule has 0 bridgehead atoms. The van der Waals surface area contributed by atoms with Gasteiger partial charge < -0.3 is 35.4 Å². The average Bonchev–Trinajstić information content (AvgIpc) is 2.12. The van der Waals surface area contributed by atoms with Gasteiger partial charge in [-0.25, -0.2) is 0 Å². The van der Waals surface area contributed by atoms with E-state index in [4.69, 9.17) is 25.5 Å². The van der Waals surface area contributed by atoms with Crippen LogP contribution in [-0.4, -0.2) is 62.5 Å². The van der Waals surface area contributed by atoms with Gasteiger partial charge in [0.05, 0.1) is 12.6 Å². The number of aliphatic carboxylic acids is 1. The molecule has 0 heterocycles. The van der Waals surface area contributed by atoms with Crippen LogP contribution in [0, 0.1) is 0 Å². The van der Waals surface area contributed by atoms with E-state index in [0.29, 0.717) is 0 Å². The third-order valence-electron chi connectivity index (χ3n) is 1.50. The van der Waals surface area contributed by atoms with Crippen LogP contribution in [0.3, 0.4) is 0 Å². The molecule has 0 rings (SSSR count). The molecule has 0 unspecified atom stereocenters. The molecule has 0 spiro atoms. The van der Waals surface area contributed by atoms with Crippen LogP contribution in [0.1, 0.15) is 0 Å². The zero-order valence-corrected chi connectivity index (χ0v) is 7.57. The molecule has 0 aromatic carbocycles. The van der Waals surface area contributed by atoms with Crippen LogP contribution in [0.5, 0.6) is 0 Å². The molecule has 7 nitrogen and oxygen atoms in total. The second-order valence-corrected chi connectivity index (χ2v) is 2.49. The molecule has 0 aliphatic heterocycles. The Morgan fingerprint density at radius 1 is 1.14 bits per heavy atom. The molecular weight excluding hydrogens is 191 g/mol. The first-order valence-corrected chi connectivity index (χ1v) is 3.45. The van der Waals surface area contributed by atoms with Gasteiger partial charge in [-0.15, -0.1) is 0 Å². The van der Waals surface area contributed by atoms with Gasteiger partial charge in [0.15, 0.2) is 0 Å². The van der Waals surface area contributed by atoms with Crippen molar-refractivity contribution in [2.75, 3.05) is 6.61 Å². The Balaban J connectivity index is 0. The maximum atomic E-state index is 9.98. The number of carboxylic acid groups (broad SMARTS) is 1. The summed E-state index contributed by atoms with van der Waals surface area (Å²) in [5, 5.41) is 53.4. The Kier molecular flexibility index (Phi) is 8.38. The fourth-order valence-corrected chi connectivity index (χ4v) is 0.662. The summed E-state index contributed by atoms with van der Waals surface area (Å²) in [6.45, 7) is -0.863. The van der Waals surface area contributed by atoms with E-state index in [2.05, 4.69) is 0 Å². The number of carbonyl (C=O) groups is 1. The van der Waals surface area contributed by atoms with E-state index in [9.17, 15) is 9.90 Å². The Morgan fingerprint density at radius 3 is 1.86 bits per heavy atom. The zero-order valence-electron chi connectivity index (χ0n) is 7.57. The molecule has 0 fully saturated rings. The van der Waals surface area contributed by atoms with Crippen LogP contribution in [0.25, 0.3) is 0 Å². The van der Waals surface area contributed by atoms with E-state index >= 15 is 0 Å². The van der Waals surface area contributed by atoms with Gasteiger partial charge in [-0.2, -0.15) is 0 Å². The van der Waals surface area contributed by atoms with Crippen molar-refractivity contribution in [3.05, 3.63) is 0 Å². The number of carbonyl (C=O) groups excluding carboxylic acids is 1. The number of rotatable bonds is 5. The van der Waals surface area contributed by atoms with E-state index in [0.717, 1.165) is 0 Å². The molecule has 5 N–H and O–H groups in total. The van der Waals surface area contributed by atoms with Crippen LogP contribution in [0.15, 0.2) is 0 Å². The van der Waals surface area contributed by atoms with E-state index in [1.807, 2.05) is 0 Å². The fourth-order valence-electron chi connectivity index (χ4n) is 0.662. The van der Waals surface area contributed by atoms with Crippen LogP contribution < -0.4 is 24.0 Å². The molecule has 0 amide bonds. The molecule has 14 heavy (non-hydrogen) atoms. The topological polar surface area (TPSA) is 141 Å². The van der Waals surface area contributed by atoms with E-state index < -0.39 is 37.0 Å². The number of aliphatic hydroxyl groups excluding tert-OH is 5. The normalized spacial score (nSPS) is 18.9. The number of hydrogen-bond donors (Lipinski definition) is 5. The molecule has 0 aliphatic rings. The minimum Gasteiger partial charge on any atom is -0.547 e. The minimum absolute atomic E-state index is 0. The van der Waals surface area contributed by atoms with Gasteiger partial charge >= 0.3 is 18.9 Å². The second-order valence-electron chi connectivity index (χ2n) is 2.49. The van der Waals surface area contributed by atoms with E-state index in [1.54, 1.807) is 0 Å². The van der Waals surface area contributed by atoms with Crippen molar-refractivity contribution < 1.29 is 54.3 Å². The number of aliphatic hydroxyl groups is 5. The molecule has 0 saturated heterocycles. The second kappa shape index (κ2) is 7.20. The first-order valence-electron chi connectivity index (χ1n) is 3.45. The van der Waals surface area contributed by atoms with Gasteiger partial charge in [0, 0.05) is 0 Å². The number of hydrogen-bond acceptors (Lipinski definition) is 7. The Morgan fingerprint density at radius 2 is 1.57 bits per heavy atom. The van der Waals surface area contributed by atoms with Crippen molar-refractivity contribution in [1.29, 1.82) is 0 Å². The summed E-state index contributed by atoms with van der Waals surface area (Å²) in [6.07, 6.45) is -8.08. The molecule has 0 saturated carbocycles. The summed E-state index contributed by atoms with van der Waals surface area (Å²) < 4.78 is 0. The maximum Gasteiger partial charge on any atom is 1.00 e. The van der Waals surface area contributed by atoms with Gasteiger partial charge in [-0.3, -0.25) is 0 Å². The van der Waals surface area contributed by atoms with Crippen molar-refractivity contribution in [2.45, 2.75) is 24.4 Å². The predicted octanol–water partition coefficient (Wildman–Crippen LogP) is -7.82. The maximum absolute atomic E-state index is 9.98. The van der Waals surface area contributed by atoms with Crippen molar-refractivity contribution in [2.24, 2.45) is 0 Å². The summed E-state index contributed by atoms with van der Waals surface area (Å²) >= 11 is 0. The molecule has 0 aromatic heterocycles. The molecule has 0 aliphatic carbocycles. The zero-order chi connectivity index (χ0) is 10.6. The summed E-state index contributed by atoms with van der Waals surface area (Å²) in [5.74, 6) is -1.98. The van der Waals surface area contributed by atoms with Crippen molar-refractivity contribution >= 4 is 5.97 Å². The van der Waals surface area contributed by atoms with Gasteiger partial charge in [0.2, 0.25) is 0 Å². The van der Waals surface area contributed by atoms with Crippen LogP contribution >= 0.6 is 0 Å². The van der Waals surface area contributed by atoms with Crippen molar-refractivity contribution in [3.8, 4) is 0 Å². The number of carboxylic acids is 1. The largest absolute Gasteiger partial charge is 1.00 e. The molecular formula is C6H11LiO7. The van der Waals surface area contributed by atoms with Crippen LogP contribution in [-0.2, 0) is 4.79 Å². The van der Waals surface area contributed by atoms with Gasteiger partial charge in [0.25, 0.3) is 0 Å². The third-order valence-corrected chi connectivity index (χ3v) is 1.50. The van der Waals surface area contributed by atoms with Gasteiger partial charge in [-0.1, -0.05) is 0 Å². The Bertz CT molecular complexity index is 176. The monoisotopic (exact) mass is 202 g/mol. The average molecular weight is 202 g/mol. The summed E-state index contributed by atoms with van der Waals surface area (Å²) in [6, 6.07) is 0. The standard InChI is InChI=1S/C6H12O7.Li/c7-1-2(8)3(9)4(10)5(11)6(12)13;/h2-5,7-11H,1H2,(H,12,13);/q;+1/p-1/t2-,3-,4-,5+;/m1./s1. The van der Waals surface area contributed by atoms with Gasteiger partial charge in [-0.05, 0) is 0 Å². The fraction of sp³-hybridized carbons (Fsp3) is 0.833. The molecule has 0 aromatic rings. The van der Waals surface area contributed by atoms with E-state index in [1.165, 1.54) is 0 Å². The smallest absolute Gasteiger partial charge is 0.547 e. The van der Waals surface area contributed by atoms with Crippen molar-refractivity contribution in [3.63, 3.8) is 0 Å². The Hall–Kier alpha value is -0.133. The van der Waals surface area contributed by atoms with E-state index in [-0.39, 0.29) is 18.9 Å². The van der Waals surface area contributed by atoms with Crippen LogP contribution in [0.4, 0.5) is 0 Å². The predicted molar refractivity (Wildman–Crippen MR) is 36.1 cm³/mol. The SMILES string of the molecule is O=C([O-])[C@@H](O)[C@H](O)[C@H](O)[C@H](O)CO.[Li+]. The first kappa shape index (κ1) is 16.3. The molecule has 78 valence electrons. The third kappa shape index (κ3) is 4.39. The quantitative estimate of drug-likeness (QED) is 0.279. The van der Waals surface area contributed by atoms with Crippen molar-refractivity contribution in [1.82, 2.24) is 0 Å². The molecule has 8 heteroatoms.